The third-order valence-corrected chi connectivity index (χ3v) is 7.98. The number of nitrogens with zero attached hydrogens (tertiary/aromatic N) is 7. The Bertz CT molecular complexity index is 1750. The van der Waals surface area contributed by atoms with Gasteiger partial charge in [-0.3, -0.25) is 0 Å². The van der Waals surface area contributed by atoms with E-state index < -0.39 is 5.60 Å². The average molecular weight is 638 g/mol. The molecular formula is C31H34Cl2N8O3. The average Bonchev–Trinajstić information content (AvgIpc) is 3.00. The molecule has 0 atom stereocenters. The molecule has 6 rings (SSSR count). The normalized spacial score (nSPS) is 15.6. The molecule has 0 aliphatic carbocycles. The zero-order chi connectivity index (χ0) is 31.0. The number of nitrogens with one attached hydrogen (secondary N) is 1. The van der Waals surface area contributed by atoms with E-state index in [-0.39, 0.29) is 6.09 Å². The summed E-state index contributed by atoms with van der Waals surface area (Å²) in [6, 6.07) is 11.3. The molecule has 11 nitrogen and oxygen atoms in total. The number of benzene rings is 1. The highest BCUT2D eigenvalue weighted by atomic mass is 35.5. The van der Waals surface area contributed by atoms with Gasteiger partial charge in [0.05, 0.1) is 12.1 Å². The Labute approximate surface area is 265 Å². The van der Waals surface area contributed by atoms with Gasteiger partial charge in [-0.1, -0.05) is 29.3 Å². The van der Waals surface area contributed by atoms with Crippen LogP contribution in [0.15, 0.2) is 47.6 Å². The lowest BCUT2D eigenvalue weighted by Gasteiger charge is -2.36. The van der Waals surface area contributed by atoms with Crippen molar-refractivity contribution in [2.24, 2.45) is 4.99 Å². The van der Waals surface area contributed by atoms with Crippen LogP contribution in [0.4, 0.5) is 22.1 Å². The number of carbonyl (C=O) groups is 1. The van der Waals surface area contributed by atoms with Gasteiger partial charge in [0.15, 0.2) is 0 Å². The Balaban J connectivity index is 1.28. The van der Waals surface area contributed by atoms with Crippen molar-refractivity contribution in [2.45, 2.75) is 39.3 Å². The Morgan fingerprint density at radius 3 is 2.52 bits per heavy atom. The lowest BCUT2D eigenvalue weighted by molar-refractivity contribution is 0.0240. The maximum Gasteiger partial charge on any atom is 0.410 e. The molecule has 0 radical (unpaired) electrons. The van der Waals surface area contributed by atoms with Crippen molar-refractivity contribution in [1.82, 2.24) is 24.4 Å². The molecule has 4 aliphatic rings. The van der Waals surface area contributed by atoms with Gasteiger partial charge in [-0.15, -0.1) is 0 Å². The van der Waals surface area contributed by atoms with Crippen LogP contribution < -0.4 is 20.6 Å². The van der Waals surface area contributed by atoms with E-state index in [1.54, 1.807) is 24.3 Å². The van der Waals surface area contributed by atoms with Crippen LogP contribution in [0.5, 0.6) is 5.88 Å². The number of amides is 1. The first-order chi connectivity index (χ1) is 21.1. The van der Waals surface area contributed by atoms with Crippen molar-refractivity contribution < 1.29 is 14.3 Å². The van der Waals surface area contributed by atoms with Gasteiger partial charge in [0.25, 0.3) is 5.62 Å². The zero-order valence-corrected chi connectivity index (χ0v) is 26.6. The van der Waals surface area contributed by atoms with Crippen molar-refractivity contribution in [1.29, 1.82) is 0 Å². The van der Waals surface area contributed by atoms with Crippen molar-refractivity contribution in [3.05, 3.63) is 58.3 Å². The molecule has 1 N–H and O–H groups in total. The van der Waals surface area contributed by atoms with Crippen molar-refractivity contribution in [3.8, 4) is 28.4 Å². The number of aromatic nitrogens is 4. The van der Waals surface area contributed by atoms with E-state index in [2.05, 4.69) is 19.8 Å². The molecule has 2 aromatic rings. The zero-order valence-electron chi connectivity index (χ0n) is 25.1. The van der Waals surface area contributed by atoms with Crippen LogP contribution >= 0.6 is 23.2 Å². The summed E-state index contributed by atoms with van der Waals surface area (Å²) in [7, 11) is 1.56. The van der Waals surface area contributed by atoms with E-state index >= 15 is 0 Å². The van der Waals surface area contributed by atoms with E-state index in [0.29, 0.717) is 53.4 Å². The molecule has 1 fully saturated rings. The minimum atomic E-state index is -0.527. The van der Waals surface area contributed by atoms with Gasteiger partial charge in [-0.2, -0.15) is 9.97 Å². The molecule has 230 valence electrons. The van der Waals surface area contributed by atoms with Crippen molar-refractivity contribution in [2.75, 3.05) is 50.1 Å². The van der Waals surface area contributed by atoms with Crippen LogP contribution in [0.3, 0.4) is 0 Å². The number of ether oxygens (including phenoxy) is 2. The molecule has 0 saturated carbocycles. The maximum absolute atomic E-state index is 12.5. The van der Waals surface area contributed by atoms with E-state index in [0.717, 1.165) is 53.7 Å². The number of hydrogen-bond donors (Lipinski definition) is 1. The quantitative estimate of drug-likeness (QED) is 0.296. The first-order valence-corrected chi connectivity index (χ1v) is 15.3. The summed E-state index contributed by atoms with van der Waals surface area (Å²) >= 11 is 12.8. The molecule has 0 unspecified atom stereocenters. The van der Waals surface area contributed by atoms with Gasteiger partial charge < -0.3 is 29.2 Å². The number of pyridine rings is 2. The third-order valence-electron chi connectivity index (χ3n) is 7.43. The first kappa shape index (κ1) is 30.0. The molecule has 1 saturated heterocycles. The van der Waals surface area contributed by atoms with Gasteiger partial charge in [0.2, 0.25) is 5.88 Å². The number of hydrogen-bond acceptors (Lipinski definition) is 9. The topological polar surface area (TPSA) is 110 Å². The molecule has 1 aromatic heterocycles. The Kier molecular flexibility index (Phi) is 8.26. The standard InChI is InChI=1S/C31H34Cl2N8O3/c1-31(2,3)44-30(42)40-14-12-39(13-15-40)25-9-8-24(28(37-25)43-4)36-29-35-18-19-16-22(21-7-6-20(32)17-23(21)33)27-34-10-5-11-41(27)26(19)38-29/h6-9,16-18,34H,5,10-15H2,1-4H3. The summed E-state index contributed by atoms with van der Waals surface area (Å²) in [5, 5.41) is 4.69. The Morgan fingerprint density at radius 2 is 1.80 bits per heavy atom. The predicted molar refractivity (Wildman–Crippen MR) is 171 cm³/mol. The van der Waals surface area contributed by atoms with Gasteiger partial charge in [-0.05, 0) is 57.5 Å². The van der Waals surface area contributed by atoms with Crippen LogP contribution in [0.2, 0.25) is 10.0 Å². The predicted octanol–water partition coefficient (Wildman–Crippen LogP) is 5.87. The fourth-order valence-corrected chi connectivity index (χ4v) is 5.88. The third kappa shape index (κ3) is 6.25. The second kappa shape index (κ2) is 12.1. The van der Waals surface area contributed by atoms with Gasteiger partial charge in [0.1, 0.15) is 28.7 Å². The fourth-order valence-electron chi connectivity index (χ4n) is 5.37. The van der Waals surface area contributed by atoms with Crippen LogP contribution in [-0.2, 0) is 11.3 Å². The van der Waals surface area contributed by atoms with Crippen LogP contribution in [0.1, 0.15) is 27.2 Å². The van der Waals surface area contributed by atoms with Gasteiger partial charge in [-0.25, -0.2) is 14.8 Å². The van der Waals surface area contributed by atoms with Crippen LogP contribution in [0.25, 0.3) is 22.5 Å². The van der Waals surface area contributed by atoms with E-state index in [4.69, 9.17) is 47.6 Å². The number of carbonyl (C=O) groups excluding carboxylic acids is 1. The summed E-state index contributed by atoms with van der Waals surface area (Å²) in [6.45, 7) is 9.56. The maximum atomic E-state index is 12.5. The molecule has 1 aromatic carbocycles. The molecule has 0 spiro atoms. The highest BCUT2D eigenvalue weighted by Gasteiger charge is 2.27. The molecule has 4 aliphatic heterocycles. The summed E-state index contributed by atoms with van der Waals surface area (Å²) in [5.74, 6) is 2.81. The van der Waals surface area contributed by atoms with E-state index in [1.807, 2.05) is 51.1 Å². The molecule has 1 amide bonds. The number of halogens is 2. The number of rotatable bonds is 4. The molecule has 13 heteroatoms. The first-order valence-electron chi connectivity index (χ1n) is 14.5. The second-order valence-corrected chi connectivity index (χ2v) is 12.5. The SMILES string of the molecule is COc1nc(N2CCN(C(=O)OC(C)(C)C)CC2)ccc1N=c1ncc2cc(-c3ccc(Cl)cc3Cl)c3n(c-2n1)CCCN3. The largest absolute Gasteiger partial charge is 0.479 e. The Hall–Kier alpha value is -4.09. The monoisotopic (exact) mass is 636 g/mol. The van der Waals surface area contributed by atoms with Crippen LogP contribution in [-0.4, -0.2) is 75.9 Å². The number of piperazine rings is 1. The van der Waals surface area contributed by atoms with Crippen LogP contribution in [0, 0.1) is 0 Å². The Morgan fingerprint density at radius 1 is 1.00 bits per heavy atom. The van der Waals surface area contributed by atoms with E-state index in [1.165, 1.54) is 0 Å². The van der Waals surface area contributed by atoms with Gasteiger partial charge in [0, 0.05) is 67.2 Å². The highest BCUT2D eigenvalue weighted by molar-refractivity contribution is 6.36. The van der Waals surface area contributed by atoms with Gasteiger partial charge >= 0.3 is 6.09 Å². The smallest absolute Gasteiger partial charge is 0.410 e. The second-order valence-electron chi connectivity index (χ2n) is 11.7. The lowest BCUT2D eigenvalue weighted by atomic mass is 10.0. The summed E-state index contributed by atoms with van der Waals surface area (Å²) in [6.07, 6.45) is 2.42. The molecular weight excluding hydrogens is 603 g/mol. The summed E-state index contributed by atoms with van der Waals surface area (Å²) < 4.78 is 13.3. The molecule has 0 bridgehead atoms. The number of anilines is 2. The highest BCUT2D eigenvalue weighted by Crippen LogP contribution is 2.40. The van der Waals surface area contributed by atoms with Crippen molar-refractivity contribution in [3.63, 3.8) is 0 Å². The minimum Gasteiger partial charge on any atom is -0.479 e. The molecule has 5 heterocycles. The fraction of sp³-hybridized carbons (Fsp3) is 0.387. The lowest BCUT2D eigenvalue weighted by Crippen LogP contribution is -2.50. The van der Waals surface area contributed by atoms with E-state index in [9.17, 15) is 4.79 Å². The number of methoxy groups -OCH3 is 1. The summed E-state index contributed by atoms with van der Waals surface area (Å²) in [5.41, 5.74) is 3.00. The number of fused-ring (bicyclic) bond motifs is 3. The van der Waals surface area contributed by atoms with Crippen molar-refractivity contribution >= 4 is 46.6 Å². The minimum absolute atomic E-state index is 0.299. The molecule has 44 heavy (non-hydrogen) atoms. The summed E-state index contributed by atoms with van der Waals surface area (Å²) in [4.78, 5) is 35.1.